The van der Waals surface area contributed by atoms with Crippen molar-refractivity contribution in [2.45, 2.75) is 38.5 Å². The lowest BCUT2D eigenvalue weighted by Gasteiger charge is -2.18. The highest BCUT2D eigenvalue weighted by Gasteiger charge is 2.30. The molecule has 1 saturated carbocycles. The summed E-state index contributed by atoms with van der Waals surface area (Å²) in [4.78, 5) is 16.5. The van der Waals surface area contributed by atoms with Crippen molar-refractivity contribution in [2.24, 2.45) is 5.92 Å². The van der Waals surface area contributed by atoms with Gasteiger partial charge < -0.3 is 5.32 Å². The number of nitrogens with zero attached hydrogens (tertiary/aromatic N) is 1. The molecule has 3 nitrogen and oxygen atoms in total. The summed E-state index contributed by atoms with van der Waals surface area (Å²) < 4.78 is 0. The Morgan fingerprint density at radius 1 is 1.13 bits per heavy atom. The number of hydrogen-bond acceptors (Lipinski definition) is 2. The van der Waals surface area contributed by atoms with Crippen LogP contribution in [-0.2, 0) is 4.79 Å². The summed E-state index contributed by atoms with van der Waals surface area (Å²) in [5.74, 6) is 1.04. The van der Waals surface area contributed by atoms with Gasteiger partial charge in [0.15, 0.2) is 0 Å². The molecule has 3 heteroatoms. The number of aromatic nitrogens is 1. The molecule has 1 N–H and O–H groups in total. The molecule has 1 fully saturated rings. The second-order valence-electron chi connectivity index (χ2n) is 6.65. The van der Waals surface area contributed by atoms with Gasteiger partial charge in [-0.05, 0) is 42.0 Å². The molecule has 0 saturated heterocycles. The van der Waals surface area contributed by atoms with Crippen LogP contribution < -0.4 is 5.32 Å². The molecular formula is C20H24N2O. The van der Waals surface area contributed by atoms with E-state index >= 15 is 0 Å². The van der Waals surface area contributed by atoms with Gasteiger partial charge >= 0.3 is 0 Å². The van der Waals surface area contributed by atoms with E-state index < -0.39 is 0 Å². The summed E-state index contributed by atoms with van der Waals surface area (Å²) in [5, 5.41) is 3.10. The normalized spacial score (nSPS) is 15.4. The Bertz CT molecular complexity index is 645. The number of amides is 1. The third-order valence-electron chi connectivity index (χ3n) is 4.48. The molecule has 1 amide bonds. The highest BCUT2D eigenvalue weighted by molar-refractivity contribution is 5.80. The number of pyridine rings is 1. The minimum atomic E-state index is 0.0973. The maximum Gasteiger partial charge on any atom is 0.223 e. The molecule has 1 aliphatic carbocycles. The van der Waals surface area contributed by atoms with Gasteiger partial charge in [0.2, 0.25) is 5.91 Å². The summed E-state index contributed by atoms with van der Waals surface area (Å²) in [6.07, 6.45) is 3.87. The maximum absolute atomic E-state index is 12.0. The molecule has 1 unspecified atom stereocenters. The van der Waals surface area contributed by atoms with Crippen molar-refractivity contribution in [3.8, 4) is 0 Å². The average molecular weight is 308 g/mol. The molecule has 120 valence electrons. The summed E-state index contributed by atoms with van der Waals surface area (Å²) >= 11 is 0. The number of benzene rings is 1. The number of carbonyl (C=O) groups is 1. The molecule has 0 aliphatic heterocycles. The lowest BCUT2D eigenvalue weighted by Crippen LogP contribution is -2.30. The quantitative estimate of drug-likeness (QED) is 0.880. The molecule has 23 heavy (non-hydrogen) atoms. The van der Waals surface area contributed by atoms with Gasteiger partial charge in [-0.1, -0.05) is 44.2 Å². The molecule has 0 bridgehead atoms. The largest absolute Gasteiger partial charge is 0.355 e. The molecule has 1 atom stereocenters. The van der Waals surface area contributed by atoms with E-state index in [1.807, 2.05) is 24.4 Å². The van der Waals surface area contributed by atoms with E-state index in [1.165, 1.54) is 11.1 Å². The summed E-state index contributed by atoms with van der Waals surface area (Å²) in [6.45, 7) is 5.00. The van der Waals surface area contributed by atoms with Crippen LogP contribution in [0.15, 0.2) is 48.7 Å². The van der Waals surface area contributed by atoms with Gasteiger partial charge in [0.1, 0.15) is 0 Å². The highest BCUT2D eigenvalue weighted by atomic mass is 16.2. The number of rotatable bonds is 6. The van der Waals surface area contributed by atoms with Crippen molar-refractivity contribution in [1.29, 1.82) is 0 Å². The van der Waals surface area contributed by atoms with Crippen molar-refractivity contribution in [3.05, 3.63) is 65.5 Å². The standard InChI is InChI=1S/C20H24N2O/c1-14(2)15-6-8-16(9-7-15)18(19-5-3-4-12-21-19)13-22-20(23)17-10-11-17/h3-9,12,14,17-18H,10-11,13H2,1-2H3,(H,22,23). The monoisotopic (exact) mass is 308 g/mol. The fourth-order valence-electron chi connectivity index (χ4n) is 2.78. The van der Waals surface area contributed by atoms with E-state index in [9.17, 15) is 4.79 Å². The fourth-order valence-corrected chi connectivity index (χ4v) is 2.78. The van der Waals surface area contributed by atoms with Crippen LogP contribution in [0.1, 0.15) is 55.3 Å². The Morgan fingerprint density at radius 2 is 1.83 bits per heavy atom. The van der Waals surface area contributed by atoms with Gasteiger partial charge in [-0.2, -0.15) is 0 Å². The Balaban J connectivity index is 1.80. The number of nitrogens with one attached hydrogen (secondary N) is 1. The summed E-state index contributed by atoms with van der Waals surface area (Å²) in [7, 11) is 0. The molecule has 2 aromatic rings. The second-order valence-corrected chi connectivity index (χ2v) is 6.65. The topological polar surface area (TPSA) is 42.0 Å². The molecule has 3 rings (SSSR count). The molecule has 0 radical (unpaired) electrons. The van der Waals surface area contributed by atoms with Gasteiger partial charge in [-0.15, -0.1) is 0 Å². The maximum atomic E-state index is 12.0. The van der Waals surface area contributed by atoms with Crippen LogP contribution in [0.3, 0.4) is 0 Å². The van der Waals surface area contributed by atoms with E-state index in [-0.39, 0.29) is 17.7 Å². The van der Waals surface area contributed by atoms with Gasteiger partial charge in [0.25, 0.3) is 0 Å². The zero-order valence-electron chi connectivity index (χ0n) is 13.8. The molecule has 1 heterocycles. The Hall–Kier alpha value is -2.16. The van der Waals surface area contributed by atoms with Gasteiger partial charge in [-0.25, -0.2) is 0 Å². The minimum absolute atomic E-state index is 0.0973. The molecule has 0 spiro atoms. The van der Waals surface area contributed by atoms with Crippen LogP contribution in [0, 0.1) is 5.92 Å². The third-order valence-corrected chi connectivity index (χ3v) is 4.48. The fraction of sp³-hybridized carbons (Fsp3) is 0.400. The lowest BCUT2D eigenvalue weighted by molar-refractivity contribution is -0.122. The smallest absolute Gasteiger partial charge is 0.223 e. The first-order valence-corrected chi connectivity index (χ1v) is 8.43. The van der Waals surface area contributed by atoms with Crippen LogP contribution in [-0.4, -0.2) is 17.4 Å². The third kappa shape index (κ3) is 3.98. The SMILES string of the molecule is CC(C)c1ccc(C(CNC(=O)C2CC2)c2ccccn2)cc1. The molecule has 1 aromatic carbocycles. The predicted molar refractivity (Wildman–Crippen MR) is 92.3 cm³/mol. The first-order valence-electron chi connectivity index (χ1n) is 8.43. The van der Waals surface area contributed by atoms with Crippen molar-refractivity contribution < 1.29 is 4.79 Å². The van der Waals surface area contributed by atoms with E-state index in [0.29, 0.717) is 12.5 Å². The van der Waals surface area contributed by atoms with E-state index in [0.717, 1.165) is 18.5 Å². The van der Waals surface area contributed by atoms with Gasteiger partial charge in [0, 0.05) is 30.3 Å². The van der Waals surface area contributed by atoms with Crippen molar-refractivity contribution >= 4 is 5.91 Å². The van der Waals surface area contributed by atoms with Gasteiger partial charge in [-0.3, -0.25) is 9.78 Å². The average Bonchev–Trinajstić information content (AvgIpc) is 3.41. The summed E-state index contributed by atoms with van der Waals surface area (Å²) in [6, 6.07) is 14.6. The number of carbonyl (C=O) groups excluding carboxylic acids is 1. The lowest BCUT2D eigenvalue weighted by atomic mass is 9.92. The van der Waals surface area contributed by atoms with Crippen molar-refractivity contribution in [2.75, 3.05) is 6.54 Å². The van der Waals surface area contributed by atoms with Crippen LogP contribution in [0.4, 0.5) is 0 Å². The van der Waals surface area contributed by atoms with Gasteiger partial charge in [0.05, 0.1) is 0 Å². The van der Waals surface area contributed by atoms with Crippen LogP contribution in [0.5, 0.6) is 0 Å². The molecular weight excluding hydrogens is 284 g/mol. The Labute approximate surface area is 138 Å². The Kier molecular flexibility index (Phi) is 4.75. The highest BCUT2D eigenvalue weighted by Crippen LogP contribution is 2.29. The zero-order valence-corrected chi connectivity index (χ0v) is 13.8. The van der Waals surface area contributed by atoms with Crippen LogP contribution in [0.2, 0.25) is 0 Å². The first kappa shape index (κ1) is 15.7. The zero-order chi connectivity index (χ0) is 16.2. The second kappa shape index (κ2) is 6.95. The summed E-state index contributed by atoms with van der Waals surface area (Å²) in [5.41, 5.74) is 3.53. The predicted octanol–water partition coefficient (Wildman–Crippen LogP) is 3.86. The Morgan fingerprint density at radius 3 is 2.39 bits per heavy atom. The minimum Gasteiger partial charge on any atom is -0.355 e. The van der Waals surface area contributed by atoms with Crippen LogP contribution in [0.25, 0.3) is 0 Å². The molecule has 1 aromatic heterocycles. The van der Waals surface area contributed by atoms with E-state index in [2.05, 4.69) is 48.4 Å². The van der Waals surface area contributed by atoms with E-state index in [4.69, 9.17) is 0 Å². The first-order chi connectivity index (χ1) is 11.1. The number of hydrogen-bond donors (Lipinski definition) is 1. The molecule has 1 aliphatic rings. The van der Waals surface area contributed by atoms with E-state index in [1.54, 1.807) is 0 Å². The van der Waals surface area contributed by atoms with Crippen molar-refractivity contribution in [1.82, 2.24) is 10.3 Å². The van der Waals surface area contributed by atoms with Crippen molar-refractivity contribution in [3.63, 3.8) is 0 Å². The van der Waals surface area contributed by atoms with Crippen LogP contribution >= 0.6 is 0 Å².